The summed E-state index contributed by atoms with van der Waals surface area (Å²) < 4.78 is 6.04. The number of piperidine rings is 1. The zero-order valence-electron chi connectivity index (χ0n) is 14.6. The van der Waals surface area contributed by atoms with E-state index in [0.29, 0.717) is 6.61 Å². The van der Waals surface area contributed by atoms with Crippen molar-refractivity contribution < 1.29 is 9.53 Å². The smallest absolute Gasteiger partial charge is 0.239 e. The van der Waals surface area contributed by atoms with Gasteiger partial charge in [0.25, 0.3) is 0 Å². The highest BCUT2D eigenvalue weighted by Crippen LogP contribution is 2.19. The maximum absolute atomic E-state index is 12.4. The summed E-state index contributed by atoms with van der Waals surface area (Å²) in [6.07, 6.45) is 2.96. The van der Waals surface area contributed by atoms with Gasteiger partial charge in [-0.1, -0.05) is 44.5 Å². The van der Waals surface area contributed by atoms with Crippen molar-refractivity contribution in [2.24, 2.45) is 11.7 Å². The normalized spacial score (nSPS) is 18.7. The molecule has 0 aliphatic carbocycles. The Labute approximate surface area is 140 Å². The molecular weight excluding hydrogens is 288 g/mol. The van der Waals surface area contributed by atoms with Crippen molar-refractivity contribution in [2.45, 2.75) is 58.8 Å². The first-order valence-corrected chi connectivity index (χ1v) is 8.73. The highest BCUT2D eigenvalue weighted by Gasteiger charge is 2.28. The molecule has 1 aromatic carbocycles. The molecule has 0 bridgehead atoms. The maximum atomic E-state index is 12.4. The quantitative estimate of drug-likeness (QED) is 0.877. The molecule has 4 heteroatoms. The number of ether oxygens (including phenoxy) is 1. The minimum Gasteiger partial charge on any atom is -0.373 e. The molecule has 1 heterocycles. The molecule has 1 aromatic rings. The van der Waals surface area contributed by atoms with Crippen LogP contribution >= 0.6 is 0 Å². The fourth-order valence-corrected chi connectivity index (χ4v) is 2.93. The first kappa shape index (κ1) is 18.0. The summed E-state index contributed by atoms with van der Waals surface area (Å²) in [5.74, 6) is 0.328. The molecular formula is C19H30N2O2. The summed E-state index contributed by atoms with van der Waals surface area (Å²) in [5, 5.41) is 0. The average Bonchev–Trinajstić information content (AvgIpc) is 2.59. The minimum atomic E-state index is -0.371. The fraction of sp³-hybridized carbons (Fsp3) is 0.632. The highest BCUT2D eigenvalue weighted by atomic mass is 16.5. The Morgan fingerprint density at radius 2 is 2.00 bits per heavy atom. The lowest BCUT2D eigenvalue weighted by atomic mass is 9.97. The van der Waals surface area contributed by atoms with E-state index in [1.54, 1.807) is 0 Å². The van der Waals surface area contributed by atoms with Gasteiger partial charge in [-0.05, 0) is 36.8 Å². The standard InChI is InChI=1S/C19H30N2O2/c1-4-14(2)18(20)19(22)21-11-9-17(10-12-21)23-13-16-8-6-5-7-15(16)3/h5-8,14,17-18H,4,9-13,20H2,1-3H3/t14-,18-/m0/s1. The van der Waals surface area contributed by atoms with Crippen molar-refractivity contribution in [1.82, 2.24) is 4.90 Å². The second-order valence-electron chi connectivity index (χ2n) is 6.67. The second kappa shape index (κ2) is 8.46. The summed E-state index contributed by atoms with van der Waals surface area (Å²) in [7, 11) is 0. The Balaban J connectivity index is 1.78. The van der Waals surface area contributed by atoms with Crippen LogP contribution in [0, 0.1) is 12.8 Å². The Bertz CT molecular complexity index is 510. The van der Waals surface area contributed by atoms with Gasteiger partial charge in [-0.3, -0.25) is 4.79 Å². The predicted octanol–water partition coefficient (Wildman–Crippen LogP) is 2.88. The van der Waals surface area contributed by atoms with Crippen LogP contribution in [0.2, 0.25) is 0 Å². The van der Waals surface area contributed by atoms with Crippen molar-refractivity contribution in [3.63, 3.8) is 0 Å². The van der Waals surface area contributed by atoms with Gasteiger partial charge in [-0.2, -0.15) is 0 Å². The first-order chi connectivity index (χ1) is 11.0. The van der Waals surface area contributed by atoms with E-state index in [-0.39, 0.29) is 24.0 Å². The molecule has 0 saturated carbocycles. The van der Waals surface area contributed by atoms with Crippen LogP contribution in [0.3, 0.4) is 0 Å². The van der Waals surface area contributed by atoms with E-state index in [1.807, 2.05) is 24.0 Å². The van der Waals surface area contributed by atoms with E-state index in [9.17, 15) is 4.79 Å². The number of nitrogens with two attached hydrogens (primary N) is 1. The molecule has 4 nitrogen and oxygen atoms in total. The number of aryl methyl sites for hydroxylation is 1. The maximum Gasteiger partial charge on any atom is 0.239 e. The van der Waals surface area contributed by atoms with Crippen molar-refractivity contribution in [2.75, 3.05) is 13.1 Å². The summed E-state index contributed by atoms with van der Waals surface area (Å²) in [5.41, 5.74) is 8.57. The van der Waals surface area contributed by atoms with Gasteiger partial charge >= 0.3 is 0 Å². The summed E-state index contributed by atoms with van der Waals surface area (Å²) in [6.45, 7) is 8.38. The van der Waals surface area contributed by atoms with Crippen molar-refractivity contribution in [3.8, 4) is 0 Å². The van der Waals surface area contributed by atoms with Gasteiger partial charge in [0.2, 0.25) is 5.91 Å². The minimum absolute atomic E-state index is 0.0942. The lowest BCUT2D eigenvalue weighted by Gasteiger charge is -2.34. The third kappa shape index (κ3) is 4.79. The average molecular weight is 318 g/mol. The first-order valence-electron chi connectivity index (χ1n) is 8.73. The van der Waals surface area contributed by atoms with Crippen molar-refractivity contribution >= 4 is 5.91 Å². The van der Waals surface area contributed by atoms with E-state index in [1.165, 1.54) is 11.1 Å². The topological polar surface area (TPSA) is 55.6 Å². The van der Waals surface area contributed by atoms with Crippen molar-refractivity contribution in [3.05, 3.63) is 35.4 Å². The molecule has 1 aliphatic heterocycles. The molecule has 128 valence electrons. The molecule has 0 aromatic heterocycles. The number of rotatable bonds is 6. The van der Waals surface area contributed by atoms with E-state index in [0.717, 1.165) is 32.4 Å². The Morgan fingerprint density at radius 3 is 2.61 bits per heavy atom. The van der Waals surface area contributed by atoms with Crippen molar-refractivity contribution in [1.29, 1.82) is 0 Å². The van der Waals surface area contributed by atoms with Gasteiger partial charge < -0.3 is 15.4 Å². The largest absolute Gasteiger partial charge is 0.373 e. The number of hydrogen-bond donors (Lipinski definition) is 1. The summed E-state index contributed by atoms with van der Waals surface area (Å²) in [4.78, 5) is 14.3. The number of carbonyl (C=O) groups excluding carboxylic acids is 1. The van der Waals surface area contributed by atoms with Crippen LogP contribution in [0.15, 0.2) is 24.3 Å². The lowest BCUT2D eigenvalue weighted by Crippen LogP contribution is -2.50. The van der Waals surface area contributed by atoms with Crippen LogP contribution in [0.4, 0.5) is 0 Å². The molecule has 0 unspecified atom stereocenters. The van der Waals surface area contributed by atoms with Crippen LogP contribution in [0.5, 0.6) is 0 Å². The zero-order valence-corrected chi connectivity index (χ0v) is 14.6. The number of amides is 1. The molecule has 1 aliphatic rings. The monoisotopic (exact) mass is 318 g/mol. The van der Waals surface area contributed by atoms with Gasteiger partial charge in [0.05, 0.1) is 18.8 Å². The van der Waals surface area contributed by atoms with Crippen LogP contribution in [0.25, 0.3) is 0 Å². The van der Waals surface area contributed by atoms with E-state index < -0.39 is 0 Å². The molecule has 0 spiro atoms. The molecule has 1 amide bonds. The SMILES string of the molecule is CC[C@H](C)[C@H](N)C(=O)N1CCC(OCc2ccccc2C)CC1. The molecule has 2 rings (SSSR count). The Morgan fingerprint density at radius 1 is 1.35 bits per heavy atom. The molecule has 0 radical (unpaired) electrons. The summed E-state index contributed by atoms with van der Waals surface area (Å²) >= 11 is 0. The zero-order chi connectivity index (χ0) is 16.8. The van der Waals surface area contributed by atoms with Gasteiger partial charge in [0.1, 0.15) is 0 Å². The third-order valence-electron chi connectivity index (χ3n) is 5.03. The fourth-order valence-electron chi connectivity index (χ4n) is 2.93. The van der Waals surface area contributed by atoms with E-state index in [4.69, 9.17) is 10.5 Å². The molecule has 23 heavy (non-hydrogen) atoms. The summed E-state index contributed by atoms with van der Waals surface area (Å²) in [6, 6.07) is 7.94. The number of likely N-dealkylation sites (tertiary alicyclic amines) is 1. The van der Waals surface area contributed by atoms with Crippen LogP contribution in [0.1, 0.15) is 44.2 Å². The lowest BCUT2D eigenvalue weighted by molar-refractivity contribution is -0.136. The number of nitrogens with zero attached hydrogens (tertiary/aromatic N) is 1. The number of carbonyl (C=O) groups is 1. The van der Waals surface area contributed by atoms with Gasteiger partial charge in [-0.25, -0.2) is 0 Å². The predicted molar refractivity (Wildman–Crippen MR) is 93.0 cm³/mol. The number of benzene rings is 1. The van der Waals surface area contributed by atoms with Gasteiger partial charge in [0.15, 0.2) is 0 Å². The highest BCUT2D eigenvalue weighted by molar-refractivity contribution is 5.82. The Hall–Kier alpha value is -1.39. The van der Waals surface area contributed by atoms with E-state index in [2.05, 4.69) is 26.0 Å². The Kier molecular flexibility index (Phi) is 6.60. The van der Waals surface area contributed by atoms with Gasteiger partial charge in [-0.15, -0.1) is 0 Å². The van der Waals surface area contributed by atoms with Crippen LogP contribution < -0.4 is 5.73 Å². The molecule has 1 fully saturated rings. The van der Waals surface area contributed by atoms with E-state index >= 15 is 0 Å². The molecule has 1 saturated heterocycles. The molecule has 2 atom stereocenters. The molecule has 2 N–H and O–H groups in total. The van der Waals surface area contributed by atoms with Crippen LogP contribution in [-0.4, -0.2) is 36.0 Å². The number of hydrogen-bond acceptors (Lipinski definition) is 3. The van der Waals surface area contributed by atoms with Crippen LogP contribution in [-0.2, 0) is 16.1 Å². The third-order valence-corrected chi connectivity index (χ3v) is 5.03. The van der Waals surface area contributed by atoms with Gasteiger partial charge in [0, 0.05) is 13.1 Å². The second-order valence-corrected chi connectivity index (χ2v) is 6.67.